The van der Waals surface area contributed by atoms with Gasteiger partial charge in [-0.2, -0.15) is 0 Å². The van der Waals surface area contributed by atoms with Crippen molar-refractivity contribution in [3.05, 3.63) is 66.2 Å². The average Bonchev–Trinajstić information content (AvgIpc) is 3.03. The van der Waals surface area contributed by atoms with Gasteiger partial charge in [-0.05, 0) is 64.0 Å². The van der Waals surface area contributed by atoms with Crippen molar-refractivity contribution in [2.75, 3.05) is 20.2 Å². The lowest BCUT2D eigenvalue weighted by Crippen LogP contribution is -2.27. The molecule has 1 N–H and O–H groups in total. The number of rotatable bonds is 5. The third-order valence-electron chi connectivity index (χ3n) is 4.17. The van der Waals surface area contributed by atoms with Crippen molar-refractivity contribution in [2.45, 2.75) is 33.3 Å². The Morgan fingerprint density at radius 3 is 2.80 bits per heavy atom. The molecule has 158 valence electrons. The van der Waals surface area contributed by atoms with Gasteiger partial charge in [0.1, 0.15) is 11.3 Å². The van der Waals surface area contributed by atoms with Gasteiger partial charge in [-0.25, -0.2) is 14.3 Å². The average molecular weight is 408 g/mol. The van der Waals surface area contributed by atoms with Crippen molar-refractivity contribution in [1.29, 1.82) is 0 Å². The molecule has 0 saturated carbocycles. The summed E-state index contributed by atoms with van der Waals surface area (Å²) < 4.78 is 6.95. The first-order valence-corrected chi connectivity index (χ1v) is 9.71. The largest absolute Gasteiger partial charge is 0.443 e. The minimum atomic E-state index is -0.641. The zero-order valence-electron chi connectivity index (χ0n) is 18.3. The highest BCUT2D eigenvalue weighted by atomic mass is 16.6. The number of aromatic nitrogens is 2. The number of likely N-dealkylation sites (N-methyl/N-ethyl adjacent to an activating group) is 1. The number of aliphatic hydroxyl groups is 1. The molecule has 6 nitrogen and oxygen atoms in total. The molecule has 0 aromatic carbocycles. The summed E-state index contributed by atoms with van der Waals surface area (Å²) in [5.41, 5.74) is 2.02. The van der Waals surface area contributed by atoms with Crippen molar-refractivity contribution in [2.24, 2.45) is 0 Å². The summed E-state index contributed by atoms with van der Waals surface area (Å²) in [6.07, 6.45) is 6.46. The molecule has 0 bridgehead atoms. The molecule has 2 aromatic heterocycles. The Balaban J connectivity index is 2.51. The number of aliphatic hydroxyl groups excluding tert-OH is 1. The Kier molecular flexibility index (Phi) is 7.62. The summed E-state index contributed by atoms with van der Waals surface area (Å²) in [5.74, 6) is 6.18. The zero-order chi connectivity index (χ0) is 22.3. The number of hydrogen-bond acceptors (Lipinski definition) is 5. The van der Waals surface area contributed by atoms with E-state index in [1.807, 2.05) is 63.9 Å². The van der Waals surface area contributed by atoms with Gasteiger partial charge < -0.3 is 14.7 Å². The Morgan fingerprint density at radius 2 is 2.17 bits per heavy atom. The lowest BCUT2D eigenvalue weighted by atomic mass is 10.2. The quantitative estimate of drug-likeness (QED) is 0.597. The standard InChI is InChI=1S/C24H29N3O3/c1-7-9-19(16-18(2)26(6)14-15-28)11-12-21-17-20-10-8-13-25-22(20)27(21)23(29)30-24(3,4)5/h7-10,13,16-17,28H,1,14-15H2,2-6H3/b18-16+,19-9-. The topological polar surface area (TPSA) is 67.6 Å². The van der Waals surface area contributed by atoms with Crippen LogP contribution in [0.5, 0.6) is 0 Å². The molecule has 30 heavy (non-hydrogen) atoms. The van der Waals surface area contributed by atoms with Gasteiger partial charge in [-0.3, -0.25) is 0 Å². The first-order valence-electron chi connectivity index (χ1n) is 9.71. The van der Waals surface area contributed by atoms with Crippen LogP contribution >= 0.6 is 0 Å². The molecule has 0 amide bonds. The molecule has 0 spiro atoms. The van der Waals surface area contributed by atoms with E-state index in [1.54, 1.807) is 18.3 Å². The molecule has 2 rings (SSSR count). The van der Waals surface area contributed by atoms with Crippen LogP contribution in [-0.2, 0) is 4.74 Å². The minimum absolute atomic E-state index is 0.0663. The van der Waals surface area contributed by atoms with Crippen LogP contribution in [-0.4, -0.2) is 51.5 Å². The van der Waals surface area contributed by atoms with E-state index < -0.39 is 11.7 Å². The van der Waals surface area contributed by atoms with Crippen LogP contribution in [0.15, 0.2) is 60.5 Å². The molecular weight excluding hydrogens is 378 g/mol. The highest BCUT2D eigenvalue weighted by molar-refractivity contribution is 5.89. The highest BCUT2D eigenvalue weighted by Gasteiger charge is 2.22. The van der Waals surface area contributed by atoms with Crippen molar-refractivity contribution in [1.82, 2.24) is 14.5 Å². The van der Waals surface area contributed by atoms with E-state index >= 15 is 0 Å². The van der Waals surface area contributed by atoms with Crippen molar-refractivity contribution in [3.8, 4) is 11.8 Å². The fourth-order valence-corrected chi connectivity index (χ4v) is 2.67. The van der Waals surface area contributed by atoms with Crippen LogP contribution in [0.4, 0.5) is 4.79 Å². The number of fused-ring (bicyclic) bond motifs is 1. The van der Waals surface area contributed by atoms with Crippen molar-refractivity contribution < 1.29 is 14.6 Å². The molecular formula is C24H29N3O3. The van der Waals surface area contributed by atoms with E-state index in [9.17, 15) is 4.79 Å². The monoisotopic (exact) mass is 407 g/mol. The second-order valence-corrected chi connectivity index (χ2v) is 7.80. The molecule has 0 aliphatic carbocycles. The van der Waals surface area contributed by atoms with E-state index in [0.717, 1.165) is 16.7 Å². The van der Waals surface area contributed by atoms with Gasteiger partial charge >= 0.3 is 6.09 Å². The maximum absolute atomic E-state index is 12.8. The molecule has 0 atom stereocenters. The van der Waals surface area contributed by atoms with Crippen LogP contribution in [0.1, 0.15) is 33.4 Å². The van der Waals surface area contributed by atoms with Crippen LogP contribution in [0.2, 0.25) is 0 Å². The summed E-state index contributed by atoms with van der Waals surface area (Å²) >= 11 is 0. The smallest absolute Gasteiger partial charge is 0.421 e. The normalized spacial score (nSPS) is 12.3. The van der Waals surface area contributed by atoms with Crippen molar-refractivity contribution >= 4 is 17.1 Å². The zero-order valence-corrected chi connectivity index (χ0v) is 18.3. The van der Waals surface area contributed by atoms with Crippen LogP contribution in [0.3, 0.4) is 0 Å². The molecule has 0 unspecified atom stereocenters. The van der Waals surface area contributed by atoms with Gasteiger partial charge in [0.25, 0.3) is 0 Å². The molecule has 2 aromatic rings. The molecule has 0 aliphatic rings. The van der Waals surface area contributed by atoms with Crippen LogP contribution < -0.4 is 0 Å². The number of carbonyl (C=O) groups excluding carboxylic acids is 1. The number of carbonyl (C=O) groups is 1. The van der Waals surface area contributed by atoms with Gasteiger partial charge in [0.2, 0.25) is 0 Å². The Bertz CT molecular complexity index is 1040. The molecule has 2 heterocycles. The van der Waals surface area contributed by atoms with E-state index in [4.69, 9.17) is 9.84 Å². The van der Waals surface area contributed by atoms with Crippen molar-refractivity contribution in [3.63, 3.8) is 0 Å². The van der Waals surface area contributed by atoms with E-state index in [1.165, 1.54) is 4.57 Å². The van der Waals surface area contributed by atoms with Crippen LogP contribution in [0.25, 0.3) is 11.0 Å². The third kappa shape index (κ3) is 6.10. The summed E-state index contributed by atoms with van der Waals surface area (Å²) in [4.78, 5) is 19.1. The Hall–Kier alpha value is -3.30. The maximum Gasteiger partial charge on any atom is 0.421 e. The fourth-order valence-electron chi connectivity index (χ4n) is 2.67. The summed E-state index contributed by atoms with van der Waals surface area (Å²) in [5, 5.41) is 9.93. The number of hydrogen-bond donors (Lipinski definition) is 1. The van der Waals surface area contributed by atoms with E-state index in [-0.39, 0.29) is 6.61 Å². The minimum Gasteiger partial charge on any atom is -0.443 e. The third-order valence-corrected chi connectivity index (χ3v) is 4.17. The van der Waals surface area contributed by atoms with E-state index in [2.05, 4.69) is 23.4 Å². The first-order chi connectivity index (χ1) is 14.2. The number of pyridine rings is 1. The Morgan fingerprint density at radius 1 is 1.43 bits per heavy atom. The maximum atomic E-state index is 12.8. The van der Waals surface area contributed by atoms with Gasteiger partial charge in [0.05, 0.1) is 6.61 Å². The SMILES string of the molecule is C=C/C=C(C#Cc1cc2cccnc2n1C(=O)OC(C)(C)C)\C=C(/C)N(C)CCO. The van der Waals surface area contributed by atoms with Gasteiger partial charge in [0.15, 0.2) is 5.65 Å². The summed E-state index contributed by atoms with van der Waals surface area (Å²) in [7, 11) is 1.90. The Labute approximate surface area is 178 Å². The molecule has 0 fully saturated rings. The van der Waals surface area contributed by atoms with Gasteiger partial charge in [0, 0.05) is 36.4 Å². The molecule has 6 heteroatoms. The highest BCUT2D eigenvalue weighted by Crippen LogP contribution is 2.20. The van der Waals surface area contributed by atoms with Gasteiger partial charge in [-0.15, -0.1) is 0 Å². The predicted molar refractivity (Wildman–Crippen MR) is 120 cm³/mol. The lowest BCUT2D eigenvalue weighted by Gasteiger charge is -2.20. The summed E-state index contributed by atoms with van der Waals surface area (Å²) in [6.45, 7) is 11.7. The number of allylic oxidation sites excluding steroid dienone is 5. The fraction of sp³-hybridized carbons (Fsp3) is 0.333. The molecule has 0 saturated heterocycles. The van der Waals surface area contributed by atoms with Crippen LogP contribution in [0, 0.1) is 11.8 Å². The first kappa shape index (κ1) is 23.0. The number of ether oxygens (including phenoxy) is 1. The van der Waals surface area contributed by atoms with Gasteiger partial charge in [-0.1, -0.05) is 18.6 Å². The second kappa shape index (κ2) is 9.95. The van der Waals surface area contributed by atoms with E-state index in [0.29, 0.717) is 17.9 Å². The molecule has 0 radical (unpaired) electrons. The number of nitrogens with zero attached hydrogens (tertiary/aromatic N) is 3. The summed E-state index contributed by atoms with van der Waals surface area (Å²) in [6, 6.07) is 5.51. The molecule has 0 aliphatic heterocycles. The lowest BCUT2D eigenvalue weighted by molar-refractivity contribution is 0.0542. The second-order valence-electron chi connectivity index (χ2n) is 7.80. The predicted octanol–water partition coefficient (Wildman–Crippen LogP) is 4.11.